The van der Waals surface area contributed by atoms with Gasteiger partial charge in [-0.25, -0.2) is 0 Å². The minimum Gasteiger partial charge on any atom is -0.256 e. The summed E-state index contributed by atoms with van der Waals surface area (Å²) in [7, 11) is 0. The fraction of sp³-hybridized carbons (Fsp3) is 0.182. The Bertz CT molecular complexity index is 311. The second-order valence-electron chi connectivity index (χ2n) is 2.62. The van der Waals surface area contributed by atoms with E-state index in [2.05, 4.69) is 24.6 Å². The molecule has 0 atom stereocenters. The highest BCUT2D eigenvalue weighted by Crippen LogP contribution is 2.16. The zero-order valence-electron chi connectivity index (χ0n) is 7.54. The first-order valence-electron chi connectivity index (χ1n) is 4.00. The van der Waals surface area contributed by atoms with Crippen LogP contribution in [0.4, 0.5) is 0 Å². The molecule has 0 saturated heterocycles. The van der Waals surface area contributed by atoms with Crippen LogP contribution in [0.1, 0.15) is 25.1 Å². The van der Waals surface area contributed by atoms with Crippen LogP contribution in [0.3, 0.4) is 0 Å². The van der Waals surface area contributed by atoms with Crippen molar-refractivity contribution in [1.82, 2.24) is 4.98 Å². The topological polar surface area (TPSA) is 12.9 Å². The zero-order valence-corrected chi connectivity index (χ0v) is 7.54. The van der Waals surface area contributed by atoms with Gasteiger partial charge < -0.3 is 0 Å². The molecule has 62 valence electrons. The first-order valence-corrected chi connectivity index (χ1v) is 4.00. The number of rotatable bonds is 2. The second kappa shape index (κ2) is 3.86. The van der Waals surface area contributed by atoms with Gasteiger partial charge in [-0.2, -0.15) is 0 Å². The van der Waals surface area contributed by atoms with E-state index >= 15 is 0 Å². The first-order chi connectivity index (χ1) is 5.79. The molecule has 0 aromatic carbocycles. The van der Waals surface area contributed by atoms with E-state index in [1.165, 1.54) is 5.57 Å². The van der Waals surface area contributed by atoms with Crippen molar-refractivity contribution in [2.75, 3.05) is 0 Å². The monoisotopic (exact) mass is 159 g/mol. The van der Waals surface area contributed by atoms with Crippen molar-refractivity contribution >= 4 is 11.6 Å². The highest BCUT2D eigenvalue weighted by molar-refractivity contribution is 5.69. The summed E-state index contributed by atoms with van der Waals surface area (Å²) >= 11 is 0. The number of pyridine rings is 1. The van der Waals surface area contributed by atoms with Gasteiger partial charge in [0.1, 0.15) is 0 Å². The van der Waals surface area contributed by atoms with Crippen molar-refractivity contribution in [1.29, 1.82) is 0 Å². The van der Waals surface area contributed by atoms with Crippen LogP contribution < -0.4 is 0 Å². The fourth-order valence-electron chi connectivity index (χ4n) is 1.05. The van der Waals surface area contributed by atoms with Gasteiger partial charge in [0.05, 0.1) is 5.69 Å². The Balaban J connectivity index is 3.22. The average Bonchev–Trinajstić information content (AvgIpc) is 2.16. The van der Waals surface area contributed by atoms with Gasteiger partial charge in [-0.1, -0.05) is 24.8 Å². The number of aromatic nitrogens is 1. The molecule has 12 heavy (non-hydrogen) atoms. The molecule has 1 aromatic heterocycles. The summed E-state index contributed by atoms with van der Waals surface area (Å²) in [6.45, 7) is 7.80. The van der Waals surface area contributed by atoms with Gasteiger partial charge in [0.2, 0.25) is 0 Å². The largest absolute Gasteiger partial charge is 0.256 e. The van der Waals surface area contributed by atoms with Gasteiger partial charge in [0.25, 0.3) is 0 Å². The third-order valence-electron chi connectivity index (χ3n) is 1.87. The molecule has 0 unspecified atom stereocenters. The molecule has 0 aliphatic carbocycles. The van der Waals surface area contributed by atoms with Crippen LogP contribution in [-0.2, 0) is 0 Å². The normalized spacial score (nSPS) is 11.3. The molecule has 0 N–H and O–H groups in total. The molecule has 0 aliphatic rings. The van der Waals surface area contributed by atoms with Gasteiger partial charge in [-0.3, -0.25) is 4.98 Å². The Hall–Kier alpha value is -1.37. The van der Waals surface area contributed by atoms with Crippen molar-refractivity contribution in [3.8, 4) is 0 Å². The number of allylic oxidation sites excluding steroid dienone is 2. The Kier molecular flexibility index (Phi) is 2.81. The predicted octanol–water partition coefficient (Wildman–Crippen LogP) is 3.15. The van der Waals surface area contributed by atoms with Gasteiger partial charge in [0, 0.05) is 6.20 Å². The zero-order chi connectivity index (χ0) is 8.97. The molecule has 0 fully saturated rings. The van der Waals surface area contributed by atoms with Gasteiger partial charge in [-0.05, 0) is 31.1 Å². The number of hydrogen-bond acceptors (Lipinski definition) is 1. The lowest BCUT2D eigenvalue weighted by Crippen LogP contribution is -1.88. The summed E-state index contributed by atoms with van der Waals surface area (Å²) in [4.78, 5) is 4.28. The molecule has 1 heterocycles. The van der Waals surface area contributed by atoms with Crippen molar-refractivity contribution in [2.45, 2.75) is 13.8 Å². The summed E-state index contributed by atoms with van der Waals surface area (Å²) in [5.74, 6) is 0. The molecular formula is C11H13N. The molecular weight excluding hydrogens is 146 g/mol. The average molecular weight is 159 g/mol. The van der Waals surface area contributed by atoms with Gasteiger partial charge >= 0.3 is 0 Å². The second-order valence-corrected chi connectivity index (χ2v) is 2.62. The Labute approximate surface area is 73.5 Å². The van der Waals surface area contributed by atoms with E-state index in [1.54, 1.807) is 6.20 Å². The highest BCUT2D eigenvalue weighted by atomic mass is 14.7. The minimum atomic E-state index is 1.02. The van der Waals surface area contributed by atoms with Crippen molar-refractivity contribution in [3.63, 3.8) is 0 Å². The van der Waals surface area contributed by atoms with Crippen molar-refractivity contribution in [3.05, 3.63) is 42.2 Å². The summed E-state index contributed by atoms with van der Waals surface area (Å²) in [5.41, 5.74) is 3.30. The van der Waals surface area contributed by atoms with E-state index in [4.69, 9.17) is 0 Å². The van der Waals surface area contributed by atoms with E-state index in [-0.39, 0.29) is 0 Å². The molecule has 0 aliphatic heterocycles. The van der Waals surface area contributed by atoms with E-state index in [1.807, 2.05) is 25.1 Å². The van der Waals surface area contributed by atoms with Crippen LogP contribution in [0.25, 0.3) is 11.6 Å². The van der Waals surface area contributed by atoms with Crippen LogP contribution >= 0.6 is 0 Å². The SMILES string of the molecule is C=Cc1cccnc1/C(C)=C\C. The maximum Gasteiger partial charge on any atom is 0.0727 e. The standard InChI is InChI=1S/C11H13N/c1-4-9(3)11-10(5-2)7-6-8-12-11/h4-8H,2H2,1,3H3/b9-4-. The lowest BCUT2D eigenvalue weighted by atomic mass is 10.1. The van der Waals surface area contributed by atoms with Crippen LogP contribution in [0, 0.1) is 0 Å². The molecule has 0 saturated carbocycles. The van der Waals surface area contributed by atoms with Crippen LogP contribution in [-0.4, -0.2) is 4.98 Å². The van der Waals surface area contributed by atoms with E-state index in [0.717, 1.165) is 11.3 Å². The van der Waals surface area contributed by atoms with Gasteiger partial charge in [0.15, 0.2) is 0 Å². The lowest BCUT2D eigenvalue weighted by Gasteiger charge is -2.03. The third-order valence-corrected chi connectivity index (χ3v) is 1.87. The number of nitrogens with zero attached hydrogens (tertiary/aromatic N) is 1. The summed E-state index contributed by atoms with van der Waals surface area (Å²) < 4.78 is 0. The summed E-state index contributed by atoms with van der Waals surface area (Å²) in [6.07, 6.45) is 5.68. The smallest absolute Gasteiger partial charge is 0.0727 e. The van der Waals surface area contributed by atoms with E-state index < -0.39 is 0 Å². The van der Waals surface area contributed by atoms with Crippen molar-refractivity contribution < 1.29 is 0 Å². The molecule has 1 nitrogen and oxygen atoms in total. The molecule has 0 spiro atoms. The van der Waals surface area contributed by atoms with E-state index in [9.17, 15) is 0 Å². The van der Waals surface area contributed by atoms with Crippen molar-refractivity contribution in [2.24, 2.45) is 0 Å². The summed E-state index contributed by atoms with van der Waals surface area (Å²) in [5, 5.41) is 0. The quantitative estimate of drug-likeness (QED) is 0.646. The highest BCUT2D eigenvalue weighted by Gasteiger charge is 1.99. The minimum absolute atomic E-state index is 1.02. The van der Waals surface area contributed by atoms with E-state index in [0.29, 0.717) is 0 Å². The third kappa shape index (κ3) is 1.62. The number of hydrogen-bond donors (Lipinski definition) is 0. The molecule has 0 amide bonds. The predicted molar refractivity (Wildman–Crippen MR) is 53.7 cm³/mol. The van der Waals surface area contributed by atoms with Crippen LogP contribution in [0.15, 0.2) is 31.0 Å². The van der Waals surface area contributed by atoms with Crippen LogP contribution in [0.5, 0.6) is 0 Å². The lowest BCUT2D eigenvalue weighted by molar-refractivity contribution is 1.25. The van der Waals surface area contributed by atoms with Crippen LogP contribution in [0.2, 0.25) is 0 Å². The molecule has 1 heteroatoms. The Morgan fingerprint density at radius 3 is 2.92 bits per heavy atom. The maximum atomic E-state index is 4.28. The molecule has 1 rings (SSSR count). The fourth-order valence-corrected chi connectivity index (χ4v) is 1.05. The maximum absolute atomic E-state index is 4.28. The summed E-state index contributed by atoms with van der Waals surface area (Å²) in [6, 6.07) is 3.94. The Morgan fingerprint density at radius 2 is 2.33 bits per heavy atom. The molecule has 0 bridgehead atoms. The molecule has 0 radical (unpaired) electrons. The molecule has 1 aromatic rings. The Morgan fingerprint density at radius 1 is 1.58 bits per heavy atom. The first kappa shape index (κ1) is 8.72. The van der Waals surface area contributed by atoms with Gasteiger partial charge in [-0.15, -0.1) is 0 Å².